The lowest BCUT2D eigenvalue weighted by Gasteiger charge is -2.54. The predicted octanol–water partition coefficient (Wildman–Crippen LogP) is 0.874. The third-order valence-electron chi connectivity index (χ3n) is 5.69. The van der Waals surface area contributed by atoms with Gasteiger partial charge in [0, 0.05) is 20.1 Å². The summed E-state index contributed by atoms with van der Waals surface area (Å²) < 4.78 is 5.36. The molecule has 172 valence electrons. The summed E-state index contributed by atoms with van der Waals surface area (Å²) in [6.45, 7) is 3.41. The summed E-state index contributed by atoms with van der Waals surface area (Å²) in [4.78, 5) is 42.5. The summed E-state index contributed by atoms with van der Waals surface area (Å²) in [5.74, 6) is 2.14. The Bertz CT molecular complexity index is 856. The van der Waals surface area contributed by atoms with Crippen LogP contribution in [0.3, 0.4) is 0 Å². The lowest BCUT2D eigenvalue weighted by Crippen LogP contribution is -2.76. The maximum absolute atomic E-state index is 13.2. The molecule has 2 heterocycles. The Balaban J connectivity index is 1.79. The van der Waals surface area contributed by atoms with Crippen molar-refractivity contribution in [1.82, 2.24) is 25.1 Å². The number of likely N-dealkylation sites (N-methyl/N-ethyl adjacent to an activating group) is 1. The predicted molar refractivity (Wildman–Crippen MR) is 119 cm³/mol. The van der Waals surface area contributed by atoms with Gasteiger partial charge in [0.15, 0.2) is 0 Å². The number of benzene rings is 1. The smallest absolute Gasteiger partial charge is 0.334 e. The van der Waals surface area contributed by atoms with E-state index < -0.39 is 12.2 Å². The zero-order chi connectivity index (χ0) is 23.1. The number of hydrogen-bond acceptors (Lipinski definition) is 5. The first kappa shape index (κ1) is 23.6. The van der Waals surface area contributed by atoms with Gasteiger partial charge in [0.05, 0.1) is 19.7 Å². The van der Waals surface area contributed by atoms with E-state index in [1.807, 2.05) is 37.3 Å². The normalized spacial score (nSPS) is 21.3. The maximum Gasteiger partial charge on any atom is 0.334 e. The first-order chi connectivity index (χ1) is 15.5. The molecular weight excluding hydrogens is 410 g/mol. The molecule has 2 aliphatic rings. The summed E-state index contributed by atoms with van der Waals surface area (Å²) in [5.41, 5.74) is 0.975. The number of nitrogens with zero attached hydrogens (tertiary/aromatic N) is 4. The Morgan fingerprint density at radius 3 is 2.72 bits per heavy atom. The first-order valence-electron chi connectivity index (χ1n) is 10.9. The van der Waals surface area contributed by atoms with Crippen LogP contribution in [0.1, 0.15) is 25.3 Å². The second-order valence-corrected chi connectivity index (χ2v) is 7.93. The molecule has 0 unspecified atom stereocenters. The lowest BCUT2D eigenvalue weighted by atomic mass is 10.0. The van der Waals surface area contributed by atoms with Gasteiger partial charge in [0.2, 0.25) is 11.8 Å². The molecule has 2 atom stereocenters. The molecule has 32 heavy (non-hydrogen) atoms. The minimum Gasteiger partial charge on any atom is -0.367 e. The molecule has 1 aromatic rings. The molecule has 0 aliphatic carbocycles. The molecule has 0 radical (unpaired) electrons. The molecule has 0 aromatic heterocycles. The quantitative estimate of drug-likeness (QED) is 0.478. The minimum atomic E-state index is -0.600. The molecule has 3 rings (SSSR count). The van der Waals surface area contributed by atoms with Crippen LogP contribution in [0.25, 0.3) is 0 Å². The van der Waals surface area contributed by atoms with Gasteiger partial charge in [-0.25, -0.2) is 14.8 Å². The average molecular weight is 442 g/mol. The van der Waals surface area contributed by atoms with E-state index in [2.05, 4.69) is 11.2 Å². The van der Waals surface area contributed by atoms with E-state index in [0.29, 0.717) is 26.1 Å². The molecule has 0 spiro atoms. The third-order valence-corrected chi connectivity index (χ3v) is 5.69. The van der Waals surface area contributed by atoms with Crippen LogP contribution >= 0.6 is 0 Å². The number of rotatable bonds is 8. The van der Waals surface area contributed by atoms with Crippen LogP contribution in [-0.2, 0) is 20.9 Å². The van der Waals surface area contributed by atoms with Crippen molar-refractivity contribution in [2.45, 2.75) is 38.5 Å². The van der Waals surface area contributed by atoms with Gasteiger partial charge in [-0.05, 0) is 12.0 Å². The monoisotopic (exact) mass is 441 g/mol. The van der Waals surface area contributed by atoms with Gasteiger partial charge in [-0.15, -0.1) is 6.42 Å². The van der Waals surface area contributed by atoms with E-state index in [0.717, 1.165) is 12.0 Å². The molecule has 2 saturated heterocycles. The van der Waals surface area contributed by atoms with Gasteiger partial charge in [-0.1, -0.05) is 49.6 Å². The number of urea groups is 1. The lowest BCUT2D eigenvalue weighted by molar-refractivity contribution is -0.187. The molecule has 0 saturated carbocycles. The Kier molecular flexibility index (Phi) is 8.09. The van der Waals surface area contributed by atoms with Crippen LogP contribution in [0.4, 0.5) is 4.79 Å². The molecule has 1 aromatic carbocycles. The summed E-state index contributed by atoms with van der Waals surface area (Å²) in [7, 11) is 1.71. The maximum atomic E-state index is 13.2. The van der Waals surface area contributed by atoms with Gasteiger partial charge in [0.25, 0.3) is 0 Å². The van der Waals surface area contributed by atoms with Gasteiger partial charge < -0.3 is 19.9 Å². The fourth-order valence-electron chi connectivity index (χ4n) is 4.22. The Hall–Kier alpha value is -3.09. The number of piperazine rings is 1. The minimum absolute atomic E-state index is 0.0357. The van der Waals surface area contributed by atoms with Crippen LogP contribution in [0.2, 0.25) is 0 Å². The molecule has 9 nitrogen and oxygen atoms in total. The van der Waals surface area contributed by atoms with E-state index >= 15 is 0 Å². The fourth-order valence-corrected chi connectivity index (χ4v) is 4.22. The Morgan fingerprint density at radius 1 is 1.28 bits per heavy atom. The van der Waals surface area contributed by atoms with E-state index in [1.54, 1.807) is 26.9 Å². The number of carbonyl (C=O) groups is 3. The summed E-state index contributed by atoms with van der Waals surface area (Å²) >= 11 is 0. The van der Waals surface area contributed by atoms with Crippen molar-refractivity contribution in [3.05, 3.63) is 35.9 Å². The third kappa shape index (κ3) is 5.21. The molecule has 4 amide bonds. The zero-order valence-electron chi connectivity index (χ0n) is 18.7. The van der Waals surface area contributed by atoms with Crippen molar-refractivity contribution in [3.63, 3.8) is 0 Å². The number of fused-ring (bicyclic) bond motifs is 1. The zero-order valence-corrected chi connectivity index (χ0v) is 18.7. The number of ether oxygens (including phenoxy) is 1. The number of hydrogen-bond donors (Lipinski definition) is 1. The Morgan fingerprint density at radius 2 is 2.03 bits per heavy atom. The van der Waals surface area contributed by atoms with E-state index in [-0.39, 0.29) is 37.5 Å². The van der Waals surface area contributed by atoms with Gasteiger partial charge in [-0.3, -0.25) is 9.59 Å². The standard InChI is InChI=1S/C23H31N5O4/c1-4-9-19-22(30)26(12-14-32-13-5-2)16-20-27(19)21(29)17-25(3)28(20)23(31)24-15-18-10-7-6-8-11-18/h2,6-8,10-11,19-20H,4,9,12-17H2,1,3H3,(H,24,31)/t19-,20-/m0/s1. The average Bonchev–Trinajstić information content (AvgIpc) is 2.78. The molecule has 1 N–H and O–H groups in total. The molecule has 9 heteroatoms. The number of amides is 4. The molecule has 0 bridgehead atoms. The van der Waals surface area contributed by atoms with Crippen molar-refractivity contribution in [2.24, 2.45) is 0 Å². The molecular formula is C23H31N5O4. The van der Waals surface area contributed by atoms with Crippen molar-refractivity contribution in [3.8, 4) is 12.3 Å². The highest BCUT2D eigenvalue weighted by molar-refractivity contribution is 5.91. The van der Waals surface area contributed by atoms with Crippen LogP contribution in [0.15, 0.2) is 30.3 Å². The topological polar surface area (TPSA) is 85.4 Å². The molecule has 2 fully saturated rings. The van der Waals surface area contributed by atoms with Gasteiger partial charge in [0.1, 0.15) is 18.8 Å². The number of carbonyl (C=O) groups excluding carboxylic acids is 3. The van der Waals surface area contributed by atoms with Crippen molar-refractivity contribution in [1.29, 1.82) is 0 Å². The van der Waals surface area contributed by atoms with Gasteiger partial charge in [-0.2, -0.15) is 0 Å². The number of hydrazine groups is 1. The van der Waals surface area contributed by atoms with Crippen LogP contribution in [-0.4, -0.2) is 89.8 Å². The van der Waals surface area contributed by atoms with Crippen LogP contribution < -0.4 is 5.32 Å². The highest BCUT2D eigenvalue weighted by Crippen LogP contribution is 2.27. The summed E-state index contributed by atoms with van der Waals surface area (Å²) in [6.07, 6.45) is 5.91. The van der Waals surface area contributed by atoms with E-state index in [4.69, 9.17) is 11.2 Å². The van der Waals surface area contributed by atoms with E-state index in [9.17, 15) is 14.4 Å². The second-order valence-electron chi connectivity index (χ2n) is 7.93. The number of nitrogens with one attached hydrogen (secondary N) is 1. The highest BCUT2D eigenvalue weighted by atomic mass is 16.5. The van der Waals surface area contributed by atoms with Crippen molar-refractivity contribution in [2.75, 3.05) is 39.9 Å². The molecule has 2 aliphatic heterocycles. The van der Waals surface area contributed by atoms with Crippen LogP contribution in [0.5, 0.6) is 0 Å². The SMILES string of the molecule is C#CCOCCN1C[C@H]2N(C(=O)CN(C)N2C(=O)NCc2ccccc2)[C@@H](CCC)C1=O. The first-order valence-corrected chi connectivity index (χ1v) is 10.9. The van der Waals surface area contributed by atoms with Crippen molar-refractivity contribution >= 4 is 17.8 Å². The highest BCUT2D eigenvalue weighted by Gasteiger charge is 2.50. The fraction of sp³-hybridized carbons (Fsp3) is 0.522. The second kappa shape index (κ2) is 11.0. The van der Waals surface area contributed by atoms with Crippen LogP contribution in [0, 0.1) is 12.3 Å². The van der Waals surface area contributed by atoms with Gasteiger partial charge >= 0.3 is 6.03 Å². The number of terminal acetylenes is 1. The Labute approximate surface area is 189 Å². The summed E-state index contributed by atoms with van der Waals surface area (Å²) in [6, 6.07) is 8.70. The summed E-state index contributed by atoms with van der Waals surface area (Å²) in [5, 5.41) is 6.11. The largest absolute Gasteiger partial charge is 0.367 e. The van der Waals surface area contributed by atoms with Crippen molar-refractivity contribution < 1.29 is 19.1 Å². The van der Waals surface area contributed by atoms with E-state index in [1.165, 1.54) is 0 Å².